The van der Waals surface area contributed by atoms with Crippen LogP contribution in [-0.4, -0.2) is 40.4 Å². The third-order valence-corrected chi connectivity index (χ3v) is 5.32. The maximum atomic E-state index is 12.7. The normalized spacial score (nSPS) is 10.9. The Morgan fingerprint density at radius 3 is 2.50 bits per heavy atom. The van der Waals surface area contributed by atoms with Crippen LogP contribution >= 0.6 is 11.8 Å². The summed E-state index contributed by atoms with van der Waals surface area (Å²) >= 11 is 1.43. The summed E-state index contributed by atoms with van der Waals surface area (Å²) in [4.78, 5) is 12.7. The molecule has 32 heavy (non-hydrogen) atoms. The van der Waals surface area contributed by atoms with E-state index < -0.39 is 0 Å². The minimum Gasteiger partial charge on any atom is -0.496 e. The topological polar surface area (TPSA) is 81.4 Å². The third kappa shape index (κ3) is 4.55. The van der Waals surface area contributed by atoms with Gasteiger partial charge in [0.05, 0.1) is 19.0 Å². The molecule has 1 N–H and O–H groups in total. The molecule has 7 nitrogen and oxygen atoms in total. The van der Waals surface area contributed by atoms with Gasteiger partial charge in [-0.05, 0) is 42.7 Å². The number of aromatic nitrogens is 3. The van der Waals surface area contributed by atoms with Crippen molar-refractivity contribution in [3.8, 4) is 17.1 Å². The Balaban J connectivity index is 1.72. The average molecular weight is 444 g/mol. The quantitative estimate of drug-likeness (QED) is 0.327. The van der Waals surface area contributed by atoms with Gasteiger partial charge < -0.3 is 10.1 Å². The van der Waals surface area contributed by atoms with Gasteiger partial charge in [0.2, 0.25) is 5.16 Å². The van der Waals surface area contributed by atoms with Gasteiger partial charge in [-0.25, -0.2) is 0 Å². The number of methoxy groups -OCH3 is 1. The van der Waals surface area contributed by atoms with Crippen LogP contribution in [0.1, 0.15) is 15.9 Å². The predicted molar refractivity (Wildman–Crippen MR) is 128 cm³/mol. The highest BCUT2D eigenvalue weighted by Gasteiger charge is 2.17. The highest BCUT2D eigenvalue weighted by molar-refractivity contribution is 7.98. The largest absolute Gasteiger partial charge is 0.496 e. The van der Waals surface area contributed by atoms with Crippen LogP contribution in [0.3, 0.4) is 0 Å². The van der Waals surface area contributed by atoms with Gasteiger partial charge in [0.25, 0.3) is 5.91 Å². The number of hydrogen-bond donors (Lipinski definition) is 1. The smallest absolute Gasteiger partial charge is 0.255 e. The number of carbonyl (C=O) groups is 1. The number of amides is 1. The van der Waals surface area contributed by atoms with Crippen molar-refractivity contribution >= 4 is 29.6 Å². The van der Waals surface area contributed by atoms with Crippen molar-refractivity contribution in [1.82, 2.24) is 14.9 Å². The summed E-state index contributed by atoms with van der Waals surface area (Å²) in [7, 11) is 1.62. The molecule has 4 rings (SSSR count). The number of nitrogens with zero attached hydrogens (tertiary/aromatic N) is 4. The second-order valence-corrected chi connectivity index (χ2v) is 7.45. The Labute approximate surface area is 190 Å². The van der Waals surface area contributed by atoms with E-state index in [4.69, 9.17) is 4.74 Å². The molecule has 8 heteroatoms. The molecule has 0 bridgehead atoms. The SMILES string of the molecule is COc1ccccc1/C=N/n1c(SC)nnc1-c1ccccc1NC(=O)c1ccccc1. The molecule has 0 aliphatic heterocycles. The van der Waals surface area contributed by atoms with Crippen LogP contribution in [0.5, 0.6) is 5.75 Å². The second-order valence-electron chi connectivity index (χ2n) is 6.67. The van der Waals surface area contributed by atoms with Crippen molar-refractivity contribution < 1.29 is 9.53 Å². The zero-order valence-electron chi connectivity index (χ0n) is 17.6. The number of hydrogen-bond acceptors (Lipinski definition) is 6. The summed E-state index contributed by atoms with van der Waals surface area (Å²) in [6.45, 7) is 0. The lowest BCUT2D eigenvalue weighted by molar-refractivity contribution is 0.102. The molecule has 0 aliphatic carbocycles. The lowest BCUT2D eigenvalue weighted by Crippen LogP contribution is -2.12. The lowest BCUT2D eigenvalue weighted by Gasteiger charge is -2.11. The Bertz CT molecular complexity index is 1250. The van der Waals surface area contributed by atoms with Crippen LogP contribution in [0.25, 0.3) is 11.4 Å². The number of benzene rings is 3. The van der Waals surface area contributed by atoms with Crippen LogP contribution in [-0.2, 0) is 0 Å². The number of carbonyl (C=O) groups excluding carboxylic acids is 1. The van der Waals surface area contributed by atoms with E-state index in [1.54, 1.807) is 30.1 Å². The first kappa shape index (κ1) is 21.3. The molecule has 160 valence electrons. The summed E-state index contributed by atoms with van der Waals surface area (Å²) in [5.41, 5.74) is 2.73. The molecule has 0 fully saturated rings. The average Bonchev–Trinajstić information content (AvgIpc) is 3.26. The molecule has 1 heterocycles. The summed E-state index contributed by atoms with van der Waals surface area (Å²) < 4.78 is 7.06. The molecule has 0 aliphatic rings. The summed E-state index contributed by atoms with van der Waals surface area (Å²) in [5, 5.41) is 16.8. The maximum Gasteiger partial charge on any atom is 0.255 e. The number of thioether (sulfide) groups is 1. The molecule has 0 saturated carbocycles. The fourth-order valence-electron chi connectivity index (χ4n) is 3.13. The molecule has 3 aromatic carbocycles. The van der Waals surface area contributed by atoms with Crippen molar-refractivity contribution in [3.05, 3.63) is 90.0 Å². The fraction of sp³-hybridized carbons (Fsp3) is 0.0833. The molecule has 0 unspecified atom stereocenters. The molecule has 1 aromatic heterocycles. The van der Waals surface area contributed by atoms with Crippen LogP contribution in [0.15, 0.2) is 89.1 Å². The van der Waals surface area contributed by atoms with Gasteiger partial charge in [-0.3, -0.25) is 4.79 Å². The van der Waals surface area contributed by atoms with Gasteiger partial charge in [-0.1, -0.05) is 54.2 Å². The Morgan fingerprint density at radius 2 is 1.72 bits per heavy atom. The van der Waals surface area contributed by atoms with E-state index in [9.17, 15) is 4.79 Å². The van der Waals surface area contributed by atoms with Gasteiger partial charge in [-0.15, -0.1) is 10.2 Å². The second kappa shape index (κ2) is 9.93. The van der Waals surface area contributed by atoms with Crippen LogP contribution in [0, 0.1) is 0 Å². The zero-order chi connectivity index (χ0) is 22.3. The van der Waals surface area contributed by atoms with Gasteiger partial charge in [0.15, 0.2) is 5.82 Å². The number of para-hydroxylation sites is 2. The van der Waals surface area contributed by atoms with Crippen LogP contribution < -0.4 is 10.1 Å². The van der Waals surface area contributed by atoms with E-state index in [1.165, 1.54) is 11.8 Å². The van der Waals surface area contributed by atoms with E-state index in [0.29, 0.717) is 33.5 Å². The van der Waals surface area contributed by atoms with Gasteiger partial charge in [-0.2, -0.15) is 9.78 Å². The van der Waals surface area contributed by atoms with Crippen molar-refractivity contribution in [2.24, 2.45) is 5.10 Å². The van der Waals surface area contributed by atoms with E-state index in [1.807, 2.05) is 73.0 Å². The molecular weight excluding hydrogens is 422 g/mol. The fourth-order valence-corrected chi connectivity index (χ4v) is 3.56. The number of rotatable bonds is 7. The third-order valence-electron chi connectivity index (χ3n) is 4.70. The van der Waals surface area contributed by atoms with E-state index in [2.05, 4.69) is 20.6 Å². The van der Waals surface area contributed by atoms with Crippen LogP contribution in [0.2, 0.25) is 0 Å². The van der Waals surface area contributed by atoms with Gasteiger partial charge in [0, 0.05) is 16.7 Å². The molecule has 0 saturated heterocycles. The zero-order valence-corrected chi connectivity index (χ0v) is 18.4. The van der Waals surface area contributed by atoms with Crippen LogP contribution in [0.4, 0.5) is 5.69 Å². The van der Waals surface area contributed by atoms with E-state index >= 15 is 0 Å². The minimum atomic E-state index is -0.202. The molecule has 1 amide bonds. The molecule has 0 radical (unpaired) electrons. The number of nitrogens with one attached hydrogen (secondary N) is 1. The molecule has 0 atom stereocenters. The van der Waals surface area contributed by atoms with Gasteiger partial charge >= 0.3 is 0 Å². The Morgan fingerprint density at radius 1 is 1.00 bits per heavy atom. The Kier molecular flexibility index (Phi) is 6.62. The van der Waals surface area contributed by atoms with Crippen molar-refractivity contribution in [2.45, 2.75) is 5.16 Å². The summed E-state index contributed by atoms with van der Waals surface area (Å²) in [6.07, 6.45) is 3.61. The van der Waals surface area contributed by atoms with Crippen molar-refractivity contribution in [2.75, 3.05) is 18.7 Å². The number of ether oxygens (including phenoxy) is 1. The highest BCUT2D eigenvalue weighted by Crippen LogP contribution is 2.29. The van der Waals surface area contributed by atoms with Gasteiger partial charge in [0.1, 0.15) is 5.75 Å². The Hall–Kier alpha value is -3.91. The maximum absolute atomic E-state index is 12.7. The number of anilines is 1. The van der Waals surface area contributed by atoms with E-state index in [0.717, 1.165) is 5.56 Å². The summed E-state index contributed by atoms with van der Waals surface area (Å²) in [5.74, 6) is 1.03. The van der Waals surface area contributed by atoms with Crippen molar-refractivity contribution in [3.63, 3.8) is 0 Å². The van der Waals surface area contributed by atoms with E-state index in [-0.39, 0.29) is 5.91 Å². The first-order valence-corrected chi connectivity index (χ1v) is 11.1. The standard InChI is InChI=1S/C24H21N5O2S/c1-31-21-15-9-6-12-18(21)16-25-29-22(27-28-24(29)32-2)19-13-7-8-14-20(19)26-23(30)17-10-4-3-5-11-17/h3-16H,1-2H3,(H,26,30)/b25-16+. The molecule has 4 aromatic rings. The molecule has 0 spiro atoms. The minimum absolute atomic E-state index is 0.202. The van der Waals surface area contributed by atoms with Crippen molar-refractivity contribution in [1.29, 1.82) is 0 Å². The predicted octanol–water partition coefficient (Wildman–Crippen LogP) is 4.81. The highest BCUT2D eigenvalue weighted by atomic mass is 32.2. The first-order chi connectivity index (χ1) is 15.7. The summed E-state index contributed by atoms with van der Waals surface area (Å²) in [6, 6.07) is 24.1. The molecular formula is C24H21N5O2S. The monoisotopic (exact) mass is 443 g/mol. The lowest BCUT2D eigenvalue weighted by atomic mass is 10.1. The first-order valence-electron chi connectivity index (χ1n) is 9.84.